The molecule has 100 valence electrons. The summed E-state index contributed by atoms with van der Waals surface area (Å²) in [7, 11) is 0. The van der Waals surface area contributed by atoms with Gasteiger partial charge in [0.25, 0.3) is 5.89 Å². The van der Waals surface area contributed by atoms with Crippen LogP contribution in [0.5, 0.6) is 0 Å². The van der Waals surface area contributed by atoms with Crippen molar-refractivity contribution in [2.45, 2.75) is 6.92 Å². The van der Waals surface area contributed by atoms with E-state index in [0.29, 0.717) is 16.7 Å². The molecule has 0 radical (unpaired) electrons. The fourth-order valence-electron chi connectivity index (χ4n) is 1.90. The number of benzene rings is 2. The summed E-state index contributed by atoms with van der Waals surface area (Å²) in [5, 5.41) is 4.57. The second kappa shape index (κ2) is 4.98. The maximum absolute atomic E-state index is 6.12. The molecule has 2 aromatic carbocycles. The number of aryl methyl sites for hydroxylation is 1. The average molecular weight is 286 g/mol. The molecule has 0 bridgehead atoms. The maximum Gasteiger partial charge on any atom is 0.259 e. The molecule has 20 heavy (non-hydrogen) atoms. The number of aromatic nitrogens is 2. The molecule has 0 fully saturated rings. The van der Waals surface area contributed by atoms with Gasteiger partial charge < -0.3 is 10.3 Å². The highest BCUT2D eigenvalue weighted by atomic mass is 35.5. The van der Waals surface area contributed by atoms with Crippen LogP contribution in [0.4, 0.5) is 5.69 Å². The topological polar surface area (TPSA) is 64.9 Å². The number of rotatable bonds is 2. The summed E-state index contributed by atoms with van der Waals surface area (Å²) in [6, 6.07) is 13.0. The van der Waals surface area contributed by atoms with Crippen LogP contribution >= 0.6 is 11.6 Å². The van der Waals surface area contributed by atoms with Crippen LogP contribution in [0.25, 0.3) is 22.8 Å². The van der Waals surface area contributed by atoms with E-state index in [1.54, 1.807) is 6.07 Å². The molecule has 1 aromatic heterocycles. The van der Waals surface area contributed by atoms with Crippen LogP contribution in [0.2, 0.25) is 5.02 Å². The van der Waals surface area contributed by atoms with Crippen LogP contribution in [-0.4, -0.2) is 10.1 Å². The Morgan fingerprint density at radius 3 is 2.70 bits per heavy atom. The third-order valence-corrected chi connectivity index (χ3v) is 3.39. The van der Waals surface area contributed by atoms with E-state index in [2.05, 4.69) is 10.1 Å². The first-order valence-electron chi connectivity index (χ1n) is 6.10. The van der Waals surface area contributed by atoms with Crippen molar-refractivity contribution >= 4 is 17.3 Å². The predicted octanol–water partition coefficient (Wildman–Crippen LogP) is 3.95. The van der Waals surface area contributed by atoms with Crippen molar-refractivity contribution in [3.05, 3.63) is 53.1 Å². The monoisotopic (exact) mass is 285 g/mol. The van der Waals surface area contributed by atoms with Crippen LogP contribution in [0.15, 0.2) is 47.0 Å². The zero-order chi connectivity index (χ0) is 14.1. The Bertz CT molecular complexity index is 767. The van der Waals surface area contributed by atoms with E-state index in [1.807, 2.05) is 43.3 Å². The van der Waals surface area contributed by atoms with Crippen molar-refractivity contribution in [3.63, 3.8) is 0 Å². The highest BCUT2D eigenvalue weighted by Crippen LogP contribution is 2.28. The van der Waals surface area contributed by atoms with E-state index < -0.39 is 0 Å². The van der Waals surface area contributed by atoms with Gasteiger partial charge in [0.05, 0.1) is 10.6 Å². The largest absolute Gasteiger partial charge is 0.399 e. The van der Waals surface area contributed by atoms with Gasteiger partial charge in [-0.3, -0.25) is 0 Å². The van der Waals surface area contributed by atoms with Gasteiger partial charge in [0.15, 0.2) is 0 Å². The van der Waals surface area contributed by atoms with E-state index in [-0.39, 0.29) is 0 Å². The van der Waals surface area contributed by atoms with E-state index in [9.17, 15) is 0 Å². The Labute approximate surface area is 121 Å². The number of anilines is 1. The van der Waals surface area contributed by atoms with Gasteiger partial charge >= 0.3 is 0 Å². The van der Waals surface area contributed by atoms with Crippen molar-refractivity contribution in [1.29, 1.82) is 0 Å². The quantitative estimate of drug-likeness (QED) is 0.724. The fraction of sp³-hybridized carbons (Fsp3) is 0.0667. The zero-order valence-corrected chi connectivity index (χ0v) is 11.6. The molecule has 0 saturated carbocycles. The number of hydrogen-bond donors (Lipinski definition) is 1. The molecule has 0 spiro atoms. The highest BCUT2D eigenvalue weighted by molar-refractivity contribution is 6.33. The van der Waals surface area contributed by atoms with Gasteiger partial charge in [-0.15, -0.1) is 0 Å². The number of nitrogens with zero attached hydrogens (tertiary/aromatic N) is 2. The third-order valence-electron chi connectivity index (χ3n) is 3.06. The second-order valence-electron chi connectivity index (χ2n) is 4.47. The summed E-state index contributed by atoms with van der Waals surface area (Å²) >= 11 is 6.12. The molecule has 1 heterocycles. The summed E-state index contributed by atoms with van der Waals surface area (Å²) in [5.74, 6) is 0.920. The van der Waals surface area contributed by atoms with Crippen molar-refractivity contribution in [1.82, 2.24) is 10.1 Å². The molecular weight excluding hydrogens is 274 g/mol. The molecule has 3 aromatic rings. The van der Waals surface area contributed by atoms with Gasteiger partial charge in [-0.1, -0.05) is 28.9 Å². The minimum Gasteiger partial charge on any atom is -0.399 e. The number of halogens is 1. The van der Waals surface area contributed by atoms with Gasteiger partial charge in [-0.2, -0.15) is 4.98 Å². The zero-order valence-electron chi connectivity index (χ0n) is 10.8. The number of nitrogens with two attached hydrogens (primary N) is 1. The number of hydrogen-bond acceptors (Lipinski definition) is 4. The molecule has 2 N–H and O–H groups in total. The molecule has 0 aliphatic rings. The Hall–Kier alpha value is -2.33. The second-order valence-corrected chi connectivity index (χ2v) is 4.88. The van der Waals surface area contributed by atoms with E-state index in [0.717, 1.165) is 22.4 Å². The Kier molecular flexibility index (Phi) is 3.16. The predicted molar refractivity (Wildman–Crippen MR) is 79.3 cm³/mol. The molecule has 0 aliphatic heterocycles. The van der Waals surface area contributed by atoms with E-state index in [1.165, 1.54) is 0 Å². The molecule has 4 nitrogen and oxygen atoms in total. The van der Waals surface area contributed by atoms with Gasteiger partial charge in [-0.05, 0) is 42.8 Å². The standard InChI is InChI=1S/C15H12ClN3O/c1-9-8-10(6-7-13(9)17)14-18-15(20-19-14)11-4-2-3-5-12(11)16/h2-8H,17H2,1H3. The van der Waals surface area contributed by atoms with Crippen LogP contribution in [0.3, 0.4) is 0 Å². The third kappa shape index (κ3) is 2.26. The molecule has 3 rings (SSSR count). The summed E-state index contributed by atoms with van der Waals surface area (Å²) in [5.41, 5.74) is 9.10. The number of nitrogen functional groups attached to an aromatic ring is 1. The normalized spacial score (nSPS) is 10.7. The minimum absolute atomic E-state index is 0.403. The SMILES string of the molecule is Cc1cc(-c2noc(-c3ccccc3Cl)n2)ccc1N. The molecule has 0 unspecified atom stereocenters. The molecule has 5 heteroatoms. The maximum atomic E-state index is 6.12. The molecular formula is C15H12ClN3O. The average Bonchev–Trinajstić information content (AvgIpc) is 2.92. The first-order chi connectivity index (χ1) is 9.65. The first kappa shape index (κ1) is 12.7. The Morgan fingerprint density at radius 1 is 1.15 bits per heavy atom. The van der Waals surface area contributed by atoms with Crippen LogP contribution in [0, 0.1) is 6.92 Å². The van der Waals surface area contributed by atoms with Crippen molar-refractivity contribution in [3.8, 4) is 22.8 Å². The summed E-state index contributed by atoms with van der Waals surface area (Å²) in [6.07, 6.45) is 0. The van der Waals surface area contributed by atoms with Gasteiger partial charge in [0, 0.05) is 11.3 Å². The lowest BCUT2D eigenvalue weighted by molar-refractivity contribution is 0.432. The van der Waals surface area contributed by atoms with Crippen molar-refractivity contribution in [2.75, 3.05) is 5.73 Å². The lowest BCUT2D eigenvalue weighted by Crippen LogP contribution is -1.90. The van der Waals surface area contributed by atoms with E-state index in [4.69, 9.17) is 21.9 Å². The lowest BCUT2D eigenvalue weighted by atomic mass is 10.1. The Balaban J connectivity index is 2.02. The van der Waals surface area contributed by atoms with E-state index >= 15 is 0 Å². The molecule has 0 amide bonds. The van der Waals surface area contributed by atoms with Crippen molar-refractivity contribution in [2.24, 2.45) is 0 Å². The van der Waals surface area contributed by atoms with Crippen LogP contribution in [-0.2, 0) is 0 Å². The van der Waals surface area contributed by atoms with Gasteiger partial charge in [0.2, 0.25) is 5.82 Å². The molecule has 0 saturated heterocycles. The summed E-state index contributed by atoms with van der Waals surface area (Å²) in [6.45, 7) is 1.94. The summed E-state index contributed by atoms with van der Waals surface area (Å²) < 4.78 is 5.28. The molecule has 0 atom stereocenters. The summed E-state index contributed by atoms with van der Waals surface area (Å²) in [4.78, 5) is 4.38. The smallest absolute Gasteiger partial charge is 0.259 e. The van der Waals surface area contributed by atoms with Crippen LogP contribution < -0.4 is 5.73 Å². The minimum atomic E-state index is 0.403. The van der Waals surface area contributed by atoms with Crippen LogP contribution in [0.1, 0.15) is 5.56 Å². The van der Waals surface area contributed by atoms with Gasteiger partial charge in [0.1, 0.15) is 0 Å². The lowest BCUT2D eigenvalue weighted by Gasteiger charge is -2.00. The van der Waals surface area contributed by atoms with Crippen molar-refractivity contribution < 1.29 is 4.52 Å². The Morgan fingerprint density at radius 2 is 1.95 bits per heavy atom. The van der Waals surface area contributed by atoms with Gasteiger partial charge in [-0.25, -0.2) is 0 Å². The highest BCUT2D eigenvalue weighted by Gasteiger charge is 2.13. The fourth-order valence-corrected chi connectivity index (χ4v) is 2.12. The molecule has 0 aliphatic carbocycles. The first-order valence-corrected chi connectivity index (χ1v) is 6.48.